The Bertz CT molecular complexity index is 1280. The van der Waals surface area contributed by atoms with E-state index >= 15 is 0 Å². The Hall–Kier alpha value is -2.67. The molecule has 0 bridgehead atoms. The monoisotopic (exact) mass is 426 g/mol. The lowest BCUT2D eigenvalue weighted by molar-refractivity contribution is 0.0994. The van der Waals surface area contributed by atoms with E-state index in [1.54, 1.807) is 14.2 Å². The molecule has 0 aliphatic rings. The maximum Gasteiger partial charge on any atom is 0.283 e. The highest BCUT2D eigenvalue weighted by Crippen LogP contribution is 2.27. The topological polar surface area (TPSA) is 52.8 Å². The van der Waals surface area contributed by atoms with E-state index < -0.39 is 0 Å². The number of hydrogen-bond acceptors (Lipinski definition) is 4. The maximum absolute atomic E-state index is 13.1. The molecule has 0 atom stereocenters. The zero-order valence-electron chi connectivity index (χ0n) is 16.0. The molecule has 0 spiro atoms. The maximum atomic E-state index is 13.1. The van der Waals surface area contributed by atoms with Gasteiger partial charge in [-0.1, -0.05) is 47.2 Å². The van der Waals surface area contributed by atoms with Crippen LogP contribution in [0.2, 0.25) is 5.02 Å². The average Bonchev–Trinajstić information content (AvgIpc) is 3.06. The van der Waals surface area contributed by atoms with Gasteiger partial charge in [-0.05, 0) is 41.1 Å². The van der Waals surface area contributed by atoms with Crippen LogP contribution in [0.1, 0.15) is 10.4 Å². The summed E-state index contributed by atoms with van der Waals surface area (Å²) in [5, 5.41) is 2.61. The van der Waals surface area contributed by atoms with Gasteiger partial charge in [-0.2, -0.15) is 4.99 Å². The van der Waals surface area contributed by atoms with Crippen LogP contribution in [0.3, 0.4) is 0 Å². The van der Waals surface area contributed by atoms with E-state index in [2.05, 4.69) is 4.99 Å². The Labute approximate surface area is 176 Å². The molecule has 3 aromatic carbocycles. The second-order valence-corrected chi connectivity index (χ2v) is 7.90. The van der Waals surface area contributed by atoms with Crippen molar-refractivity contribution in [1.29, 1.82) is 0 Å². The fourth-order valence-electron chi connectivity index (χ4n) is 3.23. The van der Waals surface area contributed by atoms with Gasteiger partial charge in [0.25, 0.3) is 5.91 Å². The number of methoxy groups -OCH3 is 2. The second-order valence-electron chi connectivity index (χ2n) is 6.46. The average molecular weight is 427 g/mol. The number of amides is 1. The third-order valence-electron chi connectivity index (χ3n) is 4.66. The molecule has 0 radical (unpaired) electrons. The van der Waals surface area contributed by atoms with Gasteiger partial charge < -0.3 is 14.0 Å². The van der Waals surface area contributed by atoms with Crippen molar-refractivity contribution < 1.29 is 14.3 Å². The number of carbonyl (C=O) groups excluding carboxylic acids is 1. The first-order valence-electron chi connectivity index (χ1n) is 9.04. The molecular formula is C22H19ClN2O3S. The van der Waals surface area contributed by atoms with E-state index in [9.17, 15) is 4.79 Å². The molecule has 0 N–H and O–H groups in total. The highest BCUT2D eigenvalue weighted by atomic mass is 35.5. The summed E-state index contributed by atoms with van der Waals surface area (Å²) >= 11 is 7.56. The van der Waals surface area contributed by atoms with Crippen molar-refractivity contribution in [1.82, 2.24) is 4.57 Å². The lowest BCUT2D eigenvalue weighted by Gasteiger charge is -2.08. The number of fused-ring (bicyclic) bond motifs is 2. The van der Waals surface area contributed by atoms with Crippen molar-refractivity contribution >= 4 is 49.8 Å². The summed E-state index contributed by atoms with van der Waals surface area (Å²) in [7, 11) is 3.20. The van der Waals surface area contributed by atoms with Crippen LogP contribution in [0, 0.1) is 0 Å². The minimum absolute atomic E-state index is 0.351. The quantitative estimate of drug-likeness (QED) is 0.455. The predicted molar refractivity (Wildman–Crippen MR) is 117 cm³/mol. The number of carbonyl (C=O) groups is 1. The molecule has 29 heavy (non-hydrogen) atoms. The molecule has 1 amide bonds. The highest BCUT2D eigenvalue weighted by molar-refractivity contribution is 7.16. The van der Waals surface area contributed by atoms with E-state index in [0.717, 1.165) is 21.0 Å². The molecule has 0 aliphatic heterocycles. The fourth-order valence-corrected chi connectivity index (χ4v) is 4.56. The van der Waals surface area contributed by atoms with Gasteiger partial charge in [-0.15, -0.1) is 0 Å². The summed E-state index contributed by atoms with van der Waals surface area (Å²) in [5.74, 6) is 0.154. The summed E-state index contributed by atoms with van der Waals surface area (Å²) in [6, 6.07) is 17.2. The zero-order valence-corrected chi connectivity index (χ0v) is 17.6. The SMILES string of the molecule is COCCn1c(=NC(=O)c2cc3ccccc3cc2OC)sc2cc(Cl)ccc21. The van der Waals surface area contributed by atoms with Crippen LogP contribution in [0.15, 0.2) is 59.6 Å². The fraction of sp³-hybridized carbons (Fsp3) is 0.182. The van der Waals surface area contributed by atoms with Crippen LogP contribution >= 0.6 is 22.9 Å². The first-order valence-corrected chi connectivity index (χ1v) is 10.2. The number of benzene rings is 3. The number of nitrogens with zero attached hydrogens (tertiary/aromatic N) is 2. The van der Waals surface area contributed by atoms with Crippen LogP contribution < -0.4 is 9.54 Å². The molecule has 4 rings (SSSR count). The molecule has 148 valence electrons. The molecule has 7 heteroatoms. The summed E-state index contributed by atoms with van der Waals surface area (Å²) < 4.78 is 13.6. The first-order chi connectivity index (χ1) is 14.1. The standard InChI is InChI=1S/C22H19ClN2O3S/c1-27-10-9-25-18-8-7-16(23)13-20(18)29-22(25)24-21(26)17-11-14-5-3-4-6-15(14)12-19(17)28-2/h3-8,11-13H,9-10H2,1-2H3. The Balaban J connectivity index is 1.86. The van der Waals surface area contributed by atoms with Crippen LogP contribution in [0.5, 0.6) is 5.75 Å². The molecule has 5 nitrogen and oxygen atoms in total. The normalized spacial score (nSPS) is 12.0. The van der Waals surface area contributed by atoms with E-state index in [1.807, 2.05) is 59.2 Å². The number of aromatic nitrogens is 1. The smallest absolute Gasteiger partial charge is 0.283 e. The molecule has 1 heterocycles. The van der Waals surface area contributed by atoms with Gasteiger partial charge in [0.2, 0.25) is 0 Å². The van der Waals surface area contributed by atoms with E-state index in [0.29, 0.717) is 34.3 Å². The summed E-state index contributed by atoms with van der Waals surface area (Å²) in [6.45, 7) is 1.09. The van der Waals surface area contributed by atoms with Crippen LogP contribution in [-0.4, -0.2) is 31.3 Å². The third kappa shape index (κ3) is 3.92. The minimum atomic E-state index is -0.351. The number of thiazole rings is 1. The largest absolute Gasteiger partial charge is 0.496 e. The molecule has 0 aliphatic carbocycles. The predicted octanol–water partition coefficient (Wildman–Crippen LogP) is 4.91. The van der Waals surface area contributed by atoms with Gasteiger partial charge in [0, 0.05) is 18.7 Å². The molecule has 1 aromatic heterocycles. The summed E-state index contributed by atoms with van der Waals surface area (Å²) in [5.41, 5.74) is 1.40. The van der Waals surface area contributed by atoms with Crippen molar-refractivity contribution in [3.05, 3.63) is 70.0 Å². The van der Waals surface area contributed by atoms with E-state index in [1.165, 1.54) is 11.3 Å². The van der Waals surface area contributed by atoms with Gasteiger partial charge in [0.05, 0.1) is 29.5 Å². The lowest BCUT2D eigenvalue weighted by Crippen LogP contribution is -2.19. The van der Waals surface area contributed by atoms with Crippen LogP contribution in [0.25, 0.3) is 21.0 Å². The van der Waals surface area contributed by atoms with E-state index in [4.69, 9.17) is 21.1 Å². The van der Waals surface area contributed by atoms with Gasteiger partial charge in [0.15, 0.2) is 4.80 Å². The summed E-state index contributed by atoms with van der Waals surface area (Å²) in [4.78, 5) is 18.1. The Morgan fingerprint density at radius 3 is 2.59 bits per heavy atom. The number of ether oxygens (including phenoxy) is 2. The molecule has 4 aromatic rings. The molecule has 0 fully saturated rings. The number of hydrogen-bond donors (Lipinski definition) is 0. The van der Waals surface area contributed by atoms with Gasteiger partial charge >= 0.3 is 0 Å². The molecular weight excluding hydrogens is 408 g/mol. The van der Waals surface area contributed by atoms with Crippen molar-refractivity contribution in [2.24, 2.45) is 4.99 Å². The Kier molecular flexibility index (Phi) is 5.67. The number of halogens is 1. The second kappa shape index (κ2) is 8.37. The number of rotatable bonds is 5. The van der Waals surface area contributed by atoms with Gasteiger partial charge in [0.1, 0.15) is 5.75 Å². The summed E-state index contributed by atoms with van der Waals surface area (Å²) in [6.07, 6.45) is 0. The molecule has 0 saturated carbocycles. The van der Waals surface area contributed by atoms with E-state index in [-0.39, 0.29) is 5.91 Å². The Morgan fingerprint density at radius 1 is 1.10 bits per heavy atom. The van der Waals surface area contributed by atoms with Gasteiger partial charge in [-0.25, -0.2) is 0 Å². The van der Waals surface area contributed by atoms with Crippen LogP contribution in [-0.2, 0) is 11.3 Å². The van der Waals surface area contributed by atoms with Crippen LogP contribution in [0.4, 0.5) is 0 Å². The lowest BCUT2D eigenvalue weighted by atomic mass is 10.1. The van der Waals surface area contributed by atoms with Gasteiger partial charge in [-0.3, -0.25) is 4.79 Å². The van der Waals surface area contributed by atoms with Crippen molar-refractivity contribution in [2.75, 3.05) is 20.8 Å². The van der Waals surface area contributed by atoms with Crippen molar-refractivity contribution in [3.63, 3.8) is 0 Å². The van der Waals surface area contributed by atoms with Crippen molar-refractivity contribution in [3.8, 4) is 5.75 Å². The highest BCUT2D eigenvalue weighted by Gasteiger charge is 2.15. The molecule has 0 saturated heterocycles. The first kappa shape index (κ1) is 19.6. The van der Waals surface area contributed by atoms with Crippen molar-refractivity contribution in [2.45, 2.75) is 6.54 Å². The zero-order chi connectivity index (χ0) is 20.4. The molecule has 0 unspecified atom stereocenters. The minimum Gasteiger partial charge on any atom is -0.496 e. The third-order valence-corrected chi connectivity index (χ3v) is 5.94. The Morgan fingerprint density at radius 2 is 1.86 bits per heavy atom.